The zero-order chi connectivity index (χ0) is 14.9. The van der Waals surface area contributed by atoms with Crippen LogP contribution < -0.4 is 0 Å². The molecule has 0 aliphatic rings. The molecular weight excluding hydrogens is 277 g/mol. The summed E-state index contributed by atoms with van der Waals surface area (Å²) in [4.78, 5) is 14.6. The van der Waals surface area contributed by atoms with Gasteiger partial charge in [-0.1, -0.05) is 11.3 Å². The number of hydrogen-bond acceptors (Lipinski definition) is 4. The third kappa shape index (κ3) is 2.76. The van der Waals surface area contributed by atoms with Crippen molar-refractivity contribution in [2.45, 2.75) is 19.6 Å². The van der Waals surface area contributed by atoms with E-state index in [4.69, 9.17) is 5.11 Å². The number of carboxylic acid groups (broad SMARTS) is 1. The molecule has 9 heteroatoms. The van der Waals surface area contributed by atoms with Gasteiger partial charge in [-0.2, -0.15) is 13.2 Å². The number of carboxylic acids is 1. The Labute approximate surface area is 110 Å². The number of rotatable bonds is 3. The fraction of sp³-hybridized carbons (Fsp3) is 0.273. The maximum atomic E-state index is 12.9. The molecule has 0 radical (unpaired) electrons. The van der Waals surface area contributed by atoms with Crippen molar-refractivity contribution >= 4 is 5.97 Å². The minimum atomic E-state index is -4.85. The fourth-order valence-electron chi connectivity index (χ4n) is 1.73. The van der Waals surface area contributed by atoms with Crippen LogP contribution in [0.4, 0.5) is 13.2 Å². The van der Waals surface area contributed by atoms with Gasteiger partial charge in [-0.3, -0.25) is 4.98 Å². The second kappa shape index (κ2) is 4.91. The van der Waals surface area contributed by atoms with Crippen LogP contribution in [0.25, 0.3) is 0 Å². The molecule has 6 nitrogen and oxygen atoms in total. The van der Waals surface area contributed by atoms with Crippen LogP contribution in [0.5, 0.6) is 0 Å². The highest BCUT2D eigenvalue weighted by atomic mass is 19.4. The van der Waals surface area contributed by atoms with Crippen LogP contribution in [0.3, 0.4) is 0 Å². The van der Waals surface area contributed by atoms with Gasteiger partial charge in [0.05, 0.1) is 6.54 Å². The molecule has 0 aliphatic carbocycles. The smallest absolute Gasteiger partial charge is 0.435 e. The van der Waals surface area contributed by atoms with Gasteiger partial charge in [0, 0.05) is 12.4 Å². The molecule has 2 heterocycles. The Morgan fingerprint density at radius 1 is 1.40 bits per heavy atom. The normalized spacial score (nSPS) is 11.6. The van der Waals surface area contributed by atoms with Crippen LogP contribution >= 0.6 is 0 Å². The second-order valence-electron chi connectivity index (χ2n) is 4.12. The molecule has 0 atom stereocenters. The first-order valence-electron chi connectivity index (χ1n) is 5.43. The number of halogens is 3. The number of nitrogens with zero attached hydrogens (tertiary/aromatic N) is 4. The van der Waals surface area contributed by atoms with Crippen molar-refractivity contribution in [3.8, 4) is 0 Å². The van der Waals surface area contributed by atoms with Crippen molar-refractivity contribution in [3.63, 3.8) is 0 Å². The predicted molar refractivity (Wildman–Crippen MR) is 60.1 cm³/mol. The molecule has 0 fully saturated rings. The summed E-state index contributed by atoms with van der Waals surface area (Å²) in [5.41, 5.74) is -1.25. The highest BCUT2D eigenvalue weighted by Gasteiger charge is 2.41. The van der Waals surface area contributed by atoms with E-state index >= 15 is 0 Å². The Balaban J connectivity index is 2.45. The van der Waals surface area contributed by atoms with E-state index < -0.39 is 23.5 Å². The van der Waals surface area contributed by atoms with Crippen LogP contribution in [0.1, 0.15) is 27.3 Å². The predicted octanol–water partition coefficient (Wildman–Crippen LogP) is 1.75. The van der Waals surface area contributed by atoms with Gasteiger partial charge in [0.1, 0.15) is 0 Å². The average molecular weight is 286 g/mol. The van der Waals surface area contributed by atoms with Gasteiger partial charge in [-0.25, -0.2) is 9.48 Å². The van der Waals surface area contributed by atoms with Crippen LogP contribution in [0.15, 0.2) is 18.5 Å². The molecule has 0 bridgehead atoms. The van der Waals surface area contributed by atoms with E-state index in [9.17, 15) is 18.0 Å². The van der Waals surface area contributed by atoms with Crippen molar-refractivity contribution in [1.29, 1.82) is 0 Å². The summed E-state index contributed by atoms with van der Waals surface area (Å²) in [6.07, 6.45) is -1.91. The van der Waals surface area contributed by atoms with E-state index in [1.165, 1.54) is 6.20 Å². The van der Waals surface area contributed by atoms with Crippen LogP contribution in [-0.4, -0.2) is 31.1 Å². The molecule has 0 spiro atoms. The van der Waals surface area contributed by atoms with Gasteiger partial charge in [-0.05, 0) is 18.1 Å². The van der Waals surface area contributed by atoms with Crippen molar-refractivity contribution in [3.05, 3.63) is 41.0 Å². The quantitative estimate of drug-likeness (QED) is 0.929. The summed E-state index contributed by atoms with van der Waals surface area (Å²) < 4.78 is 39.2. The lowest BCUT2D eigenvalue weighted by Crippen LogP contribution is -2.19. The second-order valence-corrected chi connectivity index (χ2v) is 4.12. The Morgan fingerprint density at radius 3 is 2.65 bits per heavy atom. The number of alkyl halides is 3. The third-order valence-electron chi connectivity index (χ3n) is 2.47. The maximum absolute atomic E-state index is 12.9. The number of aryl methyl sites for hydroxylation is 1. The zero-order valence-corrected chi connectivity index (χ0v) is 10.2. The van der Waals surface area contributed by atoms with Gasteiger partial charge in [-0.15, -0.1) is 5.10 Å². The van der Waals surface area contributed by atoms with Crippen LogP contribution in [0, 0.1) is 6.92 Å². The molecule has 1 N–H and O–H groups in total. The summed E-state index contributed by atoms with van der Waals surface area (Å²) >= 11 is 0. The van der Waals surface area contributed by atoms with E-state index in [2.05, 4.69) is 15.3 Å². The zero-order valence-electron chi connectivity index (χ0n) is 10.2. The molecule has 106 valence electrons. The molecule has 0 aliphatic heterocycles. The molecule has 0 aromatic carbocycles. The summed E-state index contributed by atoms with van der Waals surface area (Å²) in [5, 5.41) is 15.1. The molecule has 0 amide bonds. The number of aromatic carboxylic acids is 1. The van der Waals surface area contributed by atoms with Gasteiger partial charge < -0.3 is 5.11 Å². The number of pyridine rings is 1. The molecule has 2 aromatic rings. The van der Waals surface area contributed by atoms with E-state index in [0.29, 0.717) is 10.2 Å². The van der Waals surface area contributed by atoms with Crippen molar-refractivity contribution in [2.24, 2.45) is 0 Å². The Morgan fingerprint density at radius 2 is 2.10 bits per heavy atom. The van der Waals surface area contributed by atoms with Crippen molar-refractivity contribution < 1.29 is 23.1 Å². The van der Waals surface area contributed by atoms with E-state index in [1.807, 2.05) is 0 Å². The van der Waals surface area contributed by atoms with E-state index in [-0.39, 0.29) is 6.54 Å². The lowest BCUT2D eigenvalue weighted by atomic mass is 10.2. The van der Waals surface area contributed by atoms with Gasteiger partial charge in [0.25, 0.3) is 0 Å². The standard InChI is InChI=1S/C11H9F3N4O2/c1-6-2-7(4-15-3-6)5-18-9(11(12,13)14)8(10(19)20)16-17-18/h2-4H,5H2,1H3,(H,19,20). The molecule has 2 rings (SSSR count). The minimum Gasteiger partial charge on any atom is -0.476 e. The van der Waals surface area contributed by atoms with Crippen molar-refractivity contribution in [2.75, 3.05) is 0 Å². The van der Waals surface area contributed by atoms with Crippen LogP contribution in [0.2, 0.25) is 0 Å². The minimum absolute atomic E-state index is 0.260. The lowest BCUT2D eigenvalue weighted by molar-refractivity contribution is -0.144. The molecule has 2 aromatic heterocycles. The van der Waals surface area contributed by atoms with E-state index in [0.717, 1.165) is 5.56 Å². The molecular formula is C11H9F3N4O2. The number of aromatic nitrogens is 4. The number of hydrogen-bond donors (Lipinski definition) is 1. The highest BCUT2D eigenvalue weighted by molar-refractivity contribution is 5.86. The topological polar surface area (TPSA) is 80.9 Å². The summed E-state index contributed by atoms with van der Waals surface area (Å²) in [6.45, 7) is 1.48. The molecule has 0 saturated heterocycles. The van der Waals surface area contributed by atoms with Crippen molar-refractivity contribution in [1.82, 2.24) is 20.0 Å². The third-order valence-corrected chi connectivity index (χ3v) is 2.47. The largest absolute Gasteiger partial charge is 0.476 e. The number of carbonyl (C=O) groups is 1. The monoisotopic (exact) mass is 286 g/mol. The first-order valence-corrected chi connectivity index (χ1v) is 5.43. The lowest BCUT2D eigenvalue weighted by Gasteiger charge is -2.10. The average Bonchev–Trinajstić information content (AvgIpc) is 2.72. The fourth-order valence-corrected chi connectivity index (χ4v) is 1.73. The summed E-state index contributed by atoms with van der Waals surface area (Å²) in [5.74, 6) is -1.77. The SMILES string of the molecule is Cc1cncc(Cn2nnc(C(=O)O)c2C(F)(F)F)c1. The van der Waals surface area contributed by atoms with E-state index in [1.54, 1.807) is 19.2 Å². The Kier molecular flexibility index (Phi) is 3.43. The first-order chi connectivity index (χ1) is 9.29. The first kappa shape index (κ1) is 14.0. The molecule has 0 saturated carbocycles. The Bertz CT molecular complexity index is 651. The highest BCUT2D eigenvalue weighted by Crippen LogP contribution is 2.31. The Hall–Kier alpha value is -2.45. The summed E-state index contributed by atoms with van der Waals surface area (Å²) in [6, 6.07) is 1.63. The van der Waals surface area contributed by atoms with Gasteiger partial charge >= 0.3 is 12.1 Å². The van der Waals surface area contributed by atoms with Gasteiger partial charge in [0.2, 0.25) is 5.69 Å². The summed E-state index contributed by atoms with van der Waals surface area (Å²) in [7, 11) is 0. The maximum Gasteiger partial charge on any atom is 0.435 e. The van der Waals surface area contributed by atoms with Crippen LogP contribution in [-0.2, 0) is 12.7 Å². The molecule has 0 unspecified atom stereocenters. The van der Waals surface area contributed by atoms with Gasteiger partial charge in [0.15, 0.2) is 5.69 Å². The molecule has 20 heavy (non-hydrogen) atoms.